The summed E-state index contributed by atoms with van der Waals surface area (Å²) in [6, 6.07) is 7.32. The van der Waals surface area contributed by atoms with Crippen LogP contribution in [0.1, 0.15) is 12.8 Å². The fourth-order valence-corrected chi connectivity index (χ4v) is 1.81. The van der Waals surface area contributed by atoms with Crippen LogP contribution >= 0.6 is 11.6 Å². The highest BCUT2D eigenvalue weighted by Gasteiger charge is 2.25. The molecule has 1 aromatic carbocycles. The third-order valence-electron chi connectivity index (χ3n) is 2.69. The van der Waals surface area contributed by atoms with E-state index >= 15 is 0 Å². The summed E-state index contributed by atoms with van der Waals surface area (Å²) in [4.78, 5) is 12.7. The fraction of sp³-hybridized carbons (Fsp3) is 0.417. The van der Waals surface area contributed by atoms with Crippen LogP contribution in [0.25, 0.3) is 0 Å². The Balaban J connectivity index is 2.09. The Hall–Kier alpha value is -1.22. The summed E-state index contributed by atoms with van der Waals surface area (Å²) in [5.74, 6) is -0.134. The van der Waals surface area contributed by atoms with Gasteiger partial charge in [-0.25, -0.2) is 0 Å². The quantitative estimate of drug-likeness (QED) is 0.859. The monoisotopic (exact) mass is 239 g/mol. The molecule has 3 nitrogen and oxygen atoms in total. The molecule has 0 radical (unpaired) electrons. The Labute approximate surface area is 99.6 Å². The summed E-state index contributed by atoms with van der Waals surface area (Å²) in [6.45, 7) is 0.881. The van der Waals surface area contributed by atoms with Crippen LogP contribution in [-0.2, 0) is 4.79 Å². The zero-order valence-electron chi connectivity index (χ0n) is 8.90. The minimum absolute atomic E-state index is 0.0537. The molecule has 0 bridgehead atoms. The highest BCUT2D eigenvalue weighted by Crippen LogP contribution is 2.31. The predicted molar refractivity (Wildman–Crippen MR) is 64.0 cm³/mol. The van der Waals surface area contributed by atoms with E-state index in [9.17, 15) is 4.79 Å². The molecule has 0 spiro atoms. The van der Waals surface area contributed by atoms with Gasteiger partial charge in [0.25, 0.3) is 0 Å². The number of aliphatic carboxylic acids is 1. The molecule has 0 aliphatic heterocycles. The molecule has 0 unspecified atom stereocenters. The number of nitrogens with zero attached hydrogens (tertiary/aromatic N) is 1. The molecule has 1 fully saturated rings. The minimum atomic E-state index is -0.796. The molecule has 16 heavy (non-hydrogen) atoms. The normalized spacial score (nSPS) is 14.8. The maximum absolute atomic E-state index is 10.8. The van der Waals surface area contributed by atoms with Crippen LogP contribution in [0.15, 0.2) is 24.3 Å². The molecular weight excluding hydrogens is 226 g/mol. The molecule has 1 aliphatic carbocycles. The van der Waals surface area contributed by atoms with E-state index in [1.54, 1.807) is 12.1 Å². The molecule has 86 valence electrons. The molecule has 0 saturated heterocycles. The highest BCUT2D eigenvalue weighted by atomic mass is 35.5. The third-order valence-corrected chi connectivity index (χ3v) is 2.95. The van der Waals surface area contributed by atoms with E-state index in [1.807, 2.05) is 17.0 Å². The minimum Gasteiger partial charge on any atom is -0.480 e. The number of rotatable bonds is 5. The molecule has 1 aliphatic rings. The number of hydrogen-bond acceptors (Lipinski definition) is 2. The molecule has 1 N–H and O–H groups in total. The van der Waals surface area contributed by atoms with Gasteiger partial charge in [0.05, 0.1) is 0 Å². The van der Waals surface area contributed by atoms with Gasteiger partial charge in [0.15, 0.2) is 0 Å². The van der Waals surface area contributed by atoms with Gasteiger partial charge in [-0.3, -0.25) is 4.79 Å². The zero-order valence-corrected chi connectivity index (χ0v) is 9.65. The van der Waals surface area contributed by atoms with E-state index in [0.29, 0.717) is 10.9 Å². The lowest BCUT2D eigenvalue weighted by Gasteiger charge is -2.22. The first-order valence-electron chi connectivity index (χ1n) is 5.37. The lowest BCUT2D eigenvalue weighted by Crippen LogP contribution is -2.31. The van der Waals surface area contributed by atoms with Gasteiger partial charge >= 0.3 is 5.97 Å². The Kier molecular flexibility index (Phi) is 3.34. The number of anilines is 1. The van der Waals surface area contributed by atoms with Gasteiger partial charge in [-0.15, -0.1) is 0 Å². The summed E-state index contributed by atoms with van der Waals surface area (Å²) >= 11 is 5.81. The molecule has 2 rings (SSSR count). The van der Waals surface area contributed by atoms with Gasteiger partial charge in [-0.1, -0.05) is 11.6 Å². The van der Waals surface area contributed by atoms with Crippen molar-refractivity contribution < 1.29 is 9.90 Å². The standard InChI is InChI=1S/C12H14ClNO2/c13-10-3-5-11(6-4-10)14(8-12(15)16)7-9-1-2-9/h3-6,9H,1-2,7-8H2,(H,15,16). The topological polar surface area (TPSA) is 40.5 Å². The van der Waals surface area contributed by atoms with E-state index in [0.717, 1.165) is 12.2 Å². The smallest absolute Gasteiger partial charge is 0.323 e. The van der Waals surface area contributed by atoms with Crippen molar-refractivity contribution >= 4 is 23.3 Å². The van der Waals surface area contributed by atoms with Crippen molar-refractivity contribution in [3.05, 3.63) is 29.3 Å². The Bertz CT molecular complexity index is 373. The second kappa shape index (κ2) is 4.74. The van der Waals surface area contributed by atoms with Crippen molar-refractivity contribution in [2.24, 2.45) is 5.92 Å². The van der Waals surface area contributed by atoms with Crippen molar-refractivity contribution in [1.29, 1.82) is 0 Å². The molecule has 0 heterocycles. The van der Waals surface area contributed by atoms with Gasteiger partial charge in [0.1, 0.15) is 6.54 Å². The van der Waals surface area contributed by atoms with Gasteiger partial charge in [0, 0.05) is 17.3 Å². The number of carboxylic acid groups (broad SMARTS) is 1. The Morgan fingerprint density at radius 3 is 2.50 bits per heavy atom. The zero-order chi connectivity index (χ0) is 11.5. The summed E-state index contributed by atoms with van der Waals surface area (Å²) in [5, 5.41) is 9.54. The fourth-order valence-electron chi connectivity index (χ4n) is 1.69. The molecule has 4 heteroatoms. The average Bonchev–Trinajstić information content (AvgIpc) is 3.01. The van der Waals surface area contributed by atoms with Crippen LogP contribution in [0, 0.1) is 5.92 Å². The second-order valence-corrected chi connectivity index (χ2v) is 4.63. The van der Waals surface area contributed by atoms with Crippen molar-refractivity contribution in [2.45, 2.75) is 12.8 Å². The van der Waals surface area contributed by atoms with Crippen LogP contribution < -0.4 is 4.90 Å². The average molecular weight is 240 g/mol. The lowest BCUT2D eigenvalue weighted by molar-refractivity contribution is -0.135. The Morgan fingerprint density at radius 1 is 1.38 bits per heavy atom. The molecule has 0 aromatic heterocycles. The summed E-state index contributed by atoms with van der Waals surface area (Å²) in [5.41, 5.74) is 0.929. The van der Waals surface area contributed by atoms with Crippen molar-refractivity contribution in [2.75, 3.05) is 18.0 Å². The number of halogens is 1. The first-order chi connectivity index (χ1) is 7.65. The van der Waals surface area contributed by atoms with Gasteiger partial charge in [0.2, 0.25) is 0 Å². The summed E-state index contributed by atoms with van der Waals surface area (Å²) in [6.07, 6.45) is 2.42. The third kappa shape index (κ3) is 3.14. The summed E-state index contributed by atoms with van der Waals surface area (Å²) in [7, 11) is 0. The maximum atomic E-state index is 10.8. The van der Waals surface area contributed by atoms with Crippen LogP contribution in [-0.4, -0.2) is 24.2 Å². The van der Waals surface area contributed by atoms with Gasteiger partial charge < -0.3 is 10.0 Å². The molecule has 0 atom stereocenters. The van der Waals surface area contributed by atoms with E-state index in [-0.39, 0.29) is 6.54 Å². The lowest BCUT2D eigenvalue weighted by atomic mass is 10.2. The van der Waals surface area contributed by atoms with E-state index < -0.39 is 5.97 Å². The highest BCUT2D eigenvalue weighted by molar-refractivity contribution is 6.30. The first kappa shape index (κ1) is 11.3. The van der Waals surface area contributed by atoms with E-state index in [4.69, 9.17) is 16.7 Å². The van der Waals surface area contributed by atoms with Crippen LogP contribution in [0.4, 0.5) is 5.69 Å². The number of carboxylic acids is 1. The van der Waals surface area contributed by atoms with Crippen LogP contribution in [0.2, 0.25) is 5.02 Å². The van der Waals surface area contributed by atoms with E-state index in [2.05, 4.69) is 0 Å². The molecule has 1 aromatic rings. The number of carbonyl (C=O) groups is 1. The van der Waals surface area contributed by atoms with Crippen LogP contribution in [0.3, 0.4) is 0 Å². The maximum Gasteiger partial charge on any atom is 0.323 e. The summed E-state index contributed by atoms with van der Waals surface area (Å²) < 4.78 is 0. The first-order valence-corrected chi connectivity index (χ1v) is 5.75. The van der Waals surface area contributed by atoms with Crippen molar-refractivity contribution in [3.8, 4) is 0 Å². The molecule has 1 saturated carbocycles. The molecular formula is C12H14ClNO2. The van der Waals surface area contributed by atoms with E-state index in [1.165, 1.54) is 12.8 Å². The van der Waals surface area contributed by atoms with Crippen molar-refractivity contribution in [3.63, 3.8) is 0 Å². The van der Waals surface area contributed by atoms with Gasteiger partial charge in [-0.05, 0) is 43.0 Å². The largest absolute Gasteiger partial charge is 0.480 e. The number of hydrogen-bond donors (Lipinski definition) is 1. The van der Waals surface area contributed by atoms with Gasteiger partial charge in [-0.2, -0.15) is 0 Å². The SMILES string of the molecule is O=C(O)CN(CC1CC1)c1ccc(Cl)cc1. The molecule has 0 amide bonds. The Morgan fingerprint density at radius 2 is 2.00 bits per heavy atom. The second-order valence-electron chi connectivity index (χ2n) is 4.19. The van der Waals surface area contributed by atoms with Crippen LogP contribution in [0.5, 0.6) is 0 Å². The predicted octanol–water partition coefficient (Wildman–Crippen LogP) is 2.64. The number of benzene rings is 1. The van der Waals surface area contributed by atoms with Crippen molar-refractivity contribution in [1.82, 2.24) is 0 Å².